The minimum absolute atomic E-state index is 0.224. The number of aromatic nitrogens is 1. The first-order chi connectivity index (χ1) is 11.4. The van der Waals surface area contributed by atoms with Crippen LogP contribution in [-0.2, 0) is 12.7 Å². The van der Waals surface area contributed by atoms with E-state index in [0.29, 0.717) is 11.0 Å². The second kappa shape index (κ2) is 8.66. The van der Waals surface area contributed by atoms with Gasteiger partial charge in [0.25, 0.3) is 0 Å². The summed E-state index contributed by atoms with van der Waals surface area (Å²) < 4.78 is 37.6. The second-order valence-corrected chi connectivity index (χ2v) is 6.94. The number of aliphatic imine (C=N–C) groups is 1. The van der Waals surface area contributed by atoms with Gasteiger partial charge in [-0.3, -0.25) is 4.99 Å². The molecule has 0 aliphatic carbocycles. The molecule has 0 unspecified atom stereocenters. The van der Waals surface area contributed by atoms with Crippen molar-refractivity contribution in [2.24, 2.45) is 10.9 Å². The lowest BCUT2D eigenvalue weighted by atomic mass is 9.99. The van der Waals surface area contributed by atoms with Crippen molar-refractivity contribution in [1.29, 1.82) is 0 Å². The number of thiazole rings is 1. The lowest BCUT2D eigenvalue weighted by molar-refractivity contribution is -0.140. The summed E-state index contributed by atoms with van der Waals surface area (Å²) in [6.45, 7) is 6.43. The number of alkyl halides is 3. The Labute approximate surface area is 144 Å². The highest BCUT2D eigenvalue weighted by molar-refractivity contribution is 7.09. The minimum Gasteiger partial charge on any atom is -0.355 e. The molecule has 1 aromatic rings. The van der Waals surface area contributed by atoms with Crippen LogP contribution in [0.2, 0.25) is 0 Å². The van der Waals surface area contributed by atoms with Crippen molar-refractivity contribution in [2.45, 2.75) is 32.5 Å². The SMILES string of the molecule is CN=C(NCCN1CCC(C)CC1)NCc1nc(C(F)(F)F)cs1. The summed E-state index contributed by atoms with van der Waals surface area (Å²) in [5.41, 5.74) is -0.841. The van der Waals surface area contributed by atoms with E-state index in [4.69, 9.17) is 0 Å². The summed E-state index contributed by atoms with van der Waals surface area (Å²) in [5, 5.41) is 7.60. The predicted molar refractivity (Wildman–Crippen MR) is 90.2 cm³/mol. The molecule has 0 atom stereocenters. The molecule has 1 aromatic heterocycles. The van der Waals surface area contributed by atoms with Crippen molar-refractivity contribution in [1.82, 2.24) is 20.5 Å². The number of guanidine groups is 1. The Balaban J connectivity index is 1.70. The largest absolute Gasteiger partial charge is 0.434 e. The fourth-order valence-corrected chi connectivity index (χ4v) is 3.26. The number of likely N-dealkylation sites (tertiary alicyclic amines) is 1. The molecule has 24 heavy (non-hydrogen) atoms. The molecule has 2 heterocycles. The Morgan fingerprint density at radius 1 is 1.38 bits per heavy atom. The summed E-state index contributed by atoms with van der Waals surface area (Å²) in [5.74, 6) is 1.38. The van der Waals surface area contributed by atoms with Crippen LogP contribution in [0.3, 0.4) is 0 Å². The predicted octanol–water partition coefficient (Wildman–Crippen LogP) is 2.56. The maximum atomic E-state index is 12.5. The van der Waals surface area contributed by atoms with E-state index in [0.717, 1.165) is 48.8 Å². The van der Waals surface area contributed by atoms with Crippen molar-refractivity contribution in [2.75, 3.05) is 33.2 Å². The molecule has 9 heteroatoms. The maximum absolute atomic E-state index is 12.5. The third kappa shape index (κ3) is 5.94. The van der Waals surface area contributed by atoms with Gasteiger partial charge in [0.1, 0.15) is 5.01 Å². The number of halogens is 3. The van der Waals surface area contributed by atoms with Crippen molar-refractivity contribution >= 4 is 17.3 Å². The molecule has 5 nitrogen and oxygen atoms in total. The molecular formula is C15H24F3N5S. The van der Waals surface area contributed by atoms with Gasteiger partial charge in [0.15, 0.2) is 11.7 Å². The molecule has 1 saturated heterocycles. The zero-order valence-corrected chi connectivity index (χ0v) is 14.8. The third-order valence-electron chi connectivity index (χ3n) is 4.07. The highest BCUT2D eigenvalue weighted by Gasteiger charge is 2.33. The van der Waals surface area contributed by atoms with Crippen LogP contribution in [-0.4, -0.2) is 49.1 Å². The van der Waals surface area contributed by atoms with Crippen molar-refractivity contribution in [3.05, 3.63) is 16.1 Å². The van der Waals surface area contributed by atoms with E-state index in [1.54, 1.807) is 7.05 Å². The van der Waals surface area contributed by atoms with Crippen LogP contribution in [0.4, 0.5) is 13.2 Å². The first-order valence-corrected chi connectivity index (χ1v) is 8.95. The average Bonchev–Trinajstić information content (AvgIpc) is 3.01. The first kappa shape index (κ1) is 19.0. The normalized spacial score (nSPS) is 18.0. The van der Waals surface area contributed by atoms with E-state index in [1.165, 1.54) is 12.8 Å². The fraction of sp³-hybridized carbons (Fsp3) is 0.733. The van der Waals surface area contributed by atoms with Crippen LogP contribution < -0.4 is 10.6 Å². The smallest absolute Gasteiger partial charge is 0.355 e. The number of nitrogens with one attached hydrogen (secondary N) is 2. The lowest BCUT2D eigenvalue weighted by Gasteiger charge is -2.30. The maximum Gasteiger partial charge on any atom is 0.434 e. The summed E-state index contributed by atoms with van der Waals surface area (Å²) in [6.07, 6.45) is -1.92. The Morgan fingerprint density at radius 2 is 2.08 bits per heavy atom. The molecule has 0 amide bonds. The Kier molecular flexibility index (Phi) is 6.85. The van der Waals surface area contributed by atoms with Gasteiger partial charge in [0.2, 0.25) is 0 Å². The molecule has 1 aliphatic heterocycles. The van der Waals surface area contributed by atoms with Gasteiger partial charge in [-0.1, -0.05) is 6.92 Å². The molecule has 1 fully saturated rings. The topological polar surface area (TPSA) is 52.6 Å². The fourth-order valence-electron chi connectivity index (χ4n) is 2.52. The molecular weight excluding hydrogens is 339 g/mol. The average molecular weight is 363 g/mol. The van der Waals surface area contributed by atoms with Crippen LogP contribution in [0, 0.1) is 5.92 Å². The van der Waals surface area contributed by atoms with E-state index in [2.05, 4.69) is 32.4 Å². The summed E-state index contributed by atoms with van der Waals surface area (Å²) in [7, 11) is 1.64. The molecule has 0 radical (unpaired) electrons. The van der Waals surface area contributed by atoms with E-state index in [1.807, 2.05) is 0 Å². The van der Waals surface area contributed by atoms with Crippen molar-refractivity contribution in [3.63, 3.8) is 0 Å². The second-order valence-electron chi connectivity index (χ2n) is 6.00. The van der Waals surface area contributed by atoms with Gasteiger partial charge in [0, 0.05) is 25.5 Å². The van der Waals surface area contributed by atoms with Gasteiger partial charge >= 0.3 is 6.18 Å². The first-order valence-electron chi connectivity index (χ1n) is 8.07. The number of nitrogens with zero attached hydrogens (tertiary/aromatic N) is 3. The molecule has 2 N–H and O–H groups in total. The van der Waals surface area contributed by atoms with E-state index < -0.39 is 11.9 Å². The quantitative estimate of drug-likeness (QED) is 0.624. The third-order valence-corrected chi connectivity index (χ3v) is 4.92. The number of hydrogen-bond donors (Lipinski definition) is 2. The zero-order chi connectivity index (χ0) is 17.6. The summed E-state index contributed by atoms with van der Waals surface area (Å²) >= 11 is 0.991. The standard InChI is InChI=1S/C15H24F3N5S/c1-11-3-6-23(7-4-11)8-5-20-14(19-2)21-9-13-22-12(10-24-13)15(16,17)18/h10-11H,3-9H2,1-2H3,(H2,19,20,21). The van der Waals surface area contributed by atoms with Crippen LogP contribution in [0.1, 0.15) is 30.5 Å². The highest BCUT2D eigenvalue weighted by Crippen LogP contribution is 2.29. The van der Waals surface area contributed by atoms with Crippen LogP contribution in [0.15, 0.2) is 10.4 Å². The van der Waals surface area contributed by atoms with E-state index >= 15 is 0 Å². The van der Waals surface area contributed by atoms with Crippen molar-refractivity contribution < 1.29 is 13.2 Å². The molecule has 136 valence electrons. The summed E-state index contributed by atoms with van der Waals surface area (Å²) in [6, 6.07) is 0. The van der Waals surface area contributed by atoms with Crippen molar-refractivity contribution in [3.8, 4) is 0 Å². The lowest BCUT2D eigenvalue weighted by Crippen LogP contribution is -2.43. The number of hydrogen-bond acceptors (Lipinski definition) is 4. The molecule has 1 aliphatic rings. The minimum atomic E-state index is -4.39. The highest BCUT2D eigenvalue weighted by atomic mass is 32.1. The summed E-state index contributed by atoms with van der Waals surface area (Å²) in [4.78, 5) is 10.1. The van der Waals surface area contributed by atoms with Crippen LogP contribution >= 0.6 is 11.3 Å². The van der Waals surface area contributed by atoms with Gasteiger partial charge in [-0.25, -0.2) is 4.98 Å². The van der Waals surface area contributed by atoms with E-state index in [9.17, 15) is 13.2 Å². The monoisotopic (exact) mass is 363 g/mol. The van der Waals surface area contributed by atoms with E-state index in [-0.39, 0.29) is 6.54 Å². The van der Waals surface area contributed by atoms with Gasteiger partial charge in [-0.2, -0.15) is 13.2 Å². The number of rotatable bonds is 5. The van der Waals surface area contributed by atoms with Gasteiger partial charge < -0.3 is 15.5 Å². The Hall–Kier alpha value is -1.35. The molecule has 0 saturated carbocycles. The van der Waals surface area contributed by atoms with Gasteiger partial charge in [-0.05, 0) is 31.8 Å². The molecule has 0 bridgehead atoms. The Morgan fingerprint density at radius 3 is 2.67 bits per heavy atom. The van der Waals surface area contributed by atoms with Crippen LogP contribution in [0.5, 0.6) is 0 Å². The molecule has 2 rings (SSSR count). The Bertz CT molecular complexity index is 535. The number of piperidine rings is 1. The zero-order valence-electron chi connectivity index (χ0n) is 14.0. The van der Waals surface area contributed by atoms with Gasteiger partial charge in [0.05, 0.1) is 6.54 Å². The van der Waals surface area contributed by atoms with Crippen LogP contribution in [0.25, 0.3) is 0 Å². The van der Waals surface area contributed by atoms with Gasteiger partial charge in [-0.15, -0.1) is 11.3 Å². The molecule has 0 spiro atoms. The molecule has 0 aromatic carbocycles.